The van der Waals surface area contributed by atoms with Crippen LogP contribution in [0.15, 0.2) is 0 Å². The molecule has 1 amide bonds. The van der Waals surface area contributed by atoms with E-state index in [0.29, 0.717) is 19.3 Å². The average Bonchev–Trinajstić information content (AvgIpc) is 2.72. The second-order valence-corrected chi connectivity index (χ2v) is 8.66. The molecule has 0 heterocycles. The van der Waals surface area contributed by atoms with Gasteiger partial charge in [-0.2, -0.15) is 0 Å². The first-order valence-corrected chi connectivity index (χ1v) is 8.11. The Morgan fingerprint density at radius 2 is 1.52 bits per heavy atom. The number of rotatable bonds is 3. The van der Waals surface area contributed by atoms with Crippen molar-refractivity contribution in [3.8, 4) is 0 Å². The van der Waals surface area contributed by atoms with E-state index in [9.17, 15) is 9.59 Å². The fraction of sp³-hybridized carbons (Fsp3) is 0.882. The van der Waals surface area contributed by atoms with Crippen LogP contribution in [0.4, 0.5) is 0 Å². The Labute approximate surface area is 127 Å². The second kappa shape index (κ2) is 5.62. The molecule has 2 rings (SSSR count). The third kappa shape index (κ3) is 4.21. The van der Waals surface area contributed by atoms with Crippen molar-refractivity contribution in [2.75, 3.05) is 0 Å². The molecule has 0 aliphatic heterocycles. The molecule has 2 atom stereocenters. The minimum atomic E-state index is -0.759. The molecule has 2 aliphatic carbocycles. The smallest absolute Gasteiger partial charge is 0.306 e. The first-order valence-electron chi connectivity index (χ1n) is 8.11. The van der Waals surface area contributed by atoms with Crippen LogP contribution in [0.5, 0.6) is 0 Å². The van der Waals surface area contributed by atoms with E-state index in [0.717, 1.165) is 12.8 Å². The van der Waals surface area contributed by atoms with Gasteiger partial charge in [-0.1, -0.05) is 27.7 Å². The molecule has 0 spiro atoms. The van der Waals surface area contributed by atoms with Crippen LogP contribution >= 0.6 is 0 Å². The normalized spacial score (nSPS) is 31.8. The predicted molar refractivity (Wildman–Crippen MR) is 81.8 cm³/mol. The monoisotopic (exact) mass is 295 g/mol. The minimum absolute atomic E-state index is 0.0669. The van der Waals surface area contributed by atoms with Crippen LogP contribution in [0.1, 0.15) is 66.2 Å². The Morgan fingerprint density at radius 1 is 1.00 bits per heavy atom. The first kappa shape index (κ1) is 16.3. The van der Waals surface area contributed by atoms with Crippen LogP contribution in [0.25, 0.3) is 0 Å². The van der Waals surface area contributed by atoms with Crippen molar-refractivity contribution in [2.45, 2.75) is 72.3 Å². The molecular weight excluding hydrogens is 266 g/mol. The fourth-order valence-corrected chi connectivity index (χ4v) is 4.71. The summed E-state index contributed by atoms with van der Waals surface area (Å²) in [5, 5.41) is 12.2. The molecule has 2 fully saturated rings. The summed E-state index contributed by atoms with van der Waals surface area (Å²) in [6.45, 7) is 9.07. The van der Waals surface area contributed by atoms with Crippen molar-refractivity contribution in [1.29, 1.82) is 0 Å². The van der Waals surface area contributed by atoms with Gasteiger partial charge in [0.05, 0.1) is 5.92 Å². The van der Waals surface area contributed by atoms with E-state index in [-0.39, 0.29) is 34.6 Å². The summed E-state index contributed by atoms with van der Waals surface area (Å²) in [5.41, 5.74) is 0.498. The zero-order chi connectivity index (χ0) is 15.8. The van der Waals surface area contributed by atoms with Gasteiger partial charge in [-0.3, -0.25) is 9.59 Å². The summed E-state index contributed by atoms with van der Waals surface area (Å²) in [6, 6.07) is 0.222. The lowest BCUT2D eigenvalue weighted by Gasteiger charge is -2.45. The summed E-state index contributed by atoms with van der Waals surface area (Å²) < 4.78 is 0. The largest absolute Gasteiger partial charge is 0.481 e. The molecule has 0 radical (unpaired) electrons. The number of carboxylic acids is 1. The van der Waals surface area contributed by atoms with Crippen molar-refractivity contribution < 1.29 is 14.7 Å². The number of amides is 1. The van der Waals surface area contributed by atoms with Gasteiger partial charge in [0.1, 0.15) is 0 Å². The van der Waals surface area contributed by atoms with Crippen LogP contribution in [-0.4, -0.2) is 23.0 Å². The lowest BCUT2D eigenvalue weighted by molar-refractivity contribution is -0.141. The average molecular weight is 295 g/mol. The number of carbonyl (C=O) groups excluding carboxylic acids is 1. The molecule has 0 aromatic rings. The highest BCUT2D eigenvalue weighted by atomic mass is 16.4. The molecule has 120 valence electrons. The number of aliphatic carboxylic acids is 1. The van der Waals surface area contributed by atoms with Gasteiger partial charge in [0, 0.05) is 12.0 Å². The lowest BCUT2D eigenvalue weighted by Crippen LogP contribution is -2.47. The molecule has 2 aliphatic rings. The summed E-state index contributed by atoms with van der Waals surface area (Å²) in [4.78, 5) is 23.4. The van der Waals surface area contributed by atoms with Crippen LogP contribution in [0, 0.1) is 22.7 Å². The van der Waals surface area contributed by atoms with Gasteiger partial charge in [0.15, 0.2) is 0 Å². The zero-order valence-corrected chi connectivity index (χ0v) is 13.7. The summed E-state index contributed by atoms with van der Waals surface area (Å²) >= 11 is 0. The van der Waals surface area contributed by atoms with Gasteiger partial charge in [-0.05, 0) is 49.4 Å². The zero-order valence-electron chi connectivity index (χ0n) is 13.7. The summed E-state index contributed by atoms with van der Waals surface area (Å²) in [5.74, 6) is -1.14. The standard InChI is InChI=1S/C17H29NO3/c1-16(2)8-13(9-17(3,4)10-16)18-14(19)11-5-6-12(7-11)15(20)21/h11-13H,5-10H2,1-4H3,(H,18,19)(H,20,21)/t11-,12+/m1/s1. The van der Waals surface area contributed by atoms with Crippen LogP contribution < -0.4 is 5.32 Å². The third-order valence-electron chi connectivity index (χ3n) is 5.05. The molecule has 4 heteroatoms. The second-order valence-electron chi connectivity index (χ2n) is 8.66. The topological polar surface area (TPSA) is 66.4 Å². The number of hydrogen-bond acceptors (Lipinski definition) is 2. The number of carboxylic acid groups (broad SMARTS) is 1. The highest BCUT2D eigenvalue weighted by Crippen LogP contribution is 2.45. The predicted octanol–water partition coefficient (Wildman–Crippen LogP) is 3.21. The van der Waals surface area contributed by atoms with Gasteiger partial charge in [0.2, 0.25) is 5.91 Å². The van der Waals surface area contributed by atoms with E-state index in [1.54, 1.807) is 0 Å². The maximum absolute atomic E-state index is 12.4. The maximum atomic E-state index is 12.4. The highest BCUT2D eigenvalue weighted by Gasteiger charge is 2.40. The van der Waals surface area contributed by atoms with E-state index in [4.69, 9.17) is 5.11 Å². The number of nitrogens with one attached hydrogen (secondary N) is 1. The molecular formula is C17H29NO3. The van der Waals surface area contributed by atoms with Gasteiger partial charge in [-0.25, -0.2) is 0 Å². The van der Waals surface area contributed by atoms with E-state index in [2.05, 4.69) is 33.0 Å². The molecule has 0 bridgehead atoms. The fourth-order valence-electron chi connectivity index (χ4n) is 4.71. The van der Waals surface area contributed by atoms with Gasteiger partial charge < -0.3 is 10.4 Å². The maximum Gasteiger partial charge on any atom is 0.306 e. The van der Waals surface area contributed by atoms with Crippen molar-refractivity contribution in [3.05, 3.63) is 0 Å². The molecule has 21 heavy (non-hydrogen) atoms. The summed E-state index contributed by atoms with van der Waals surface area (Å²) in [7, 11) is 0. The third-order valence-corrected chi connectivity index (χ3v) is 5.05. The molecule has 0 unspecified atom stereocenters. The first-order chi connectivity index (χ1) is 9.58. The molecule has 0 aromatic heterocycles. The molecule has 2 N–H and O–H groups in total. The Morgan fingerprint density at radius 3 is 2.00 bits per heavy atom. The molecule has 4 nitrogen and oxygen atoms in total. The quantitative estimate of drug-likeness (QED) is 0.840. The molecule has 0 aromatic carbocycles. The van der Waals surface area contributed by atoms with Crippen molar-refractivity contribution in [3.63, 3.8) is 0 Å². The minimum Gasteiger partial charge on any atom is -0.481 e. The Balaban J connectivity index is 1.92. The highest BCUT2D eigenvalue weighted by molar-refractivity contribution is 5.81. The van der Waals surface area contributed by atoms with E-state index < -0.39 is 5.97 Å². The SMILES string of the molecule is CC1(C)CC(NC(=O)[C@@H]2CC[C@H](C(=O)O)C2)CC(C)(C)C1. The number of carbonyl (C=O) groups is 2. The van der Waals surface area contributed by atoms with Crippen molar-refractivity contribution in [1.82, 2.24) is 5.32 Å². The van der Waals surface area contributed by atoms with Crippen LogP contribution in [0.2, 0.25) is 0 Å². The van der Waals surface area contributed by atoms with Gasteiger partial charge in [-0.15, -0.1) is 0 Å². The molecule has 2 saturated carbocycles. The van der Waals surface area contributed by atoms with Gasteiger partial charge in [0.25, 0.3) is 0 Å². The van der Waals surface area contributed by atoms with E-state index in [1.165, 1.54) is 6.42 Å². The lowest BCUT2D eigenvalue weighted by atomic mass is 9.63. The van der Waals surface area contributed by atoms with Crippen molar-refractivity contribution >= 4 is 11.9 Å². The Hall–Kier alpha value is -1.06. The molecule has 0 saturated heterocycles. The van der Waals surface area contributed by atoms with Crippen molar-refractivity contribution in [2.24, 2.45) is 22.7 Å². The van der Waals surface area contributed by atoms with Gasteiger partial charge >= 0.3 is 5.97 Å². The Bertz CT molecular complexity index is 412. The van der Waals surface area contributed by atoms with Crippen LogP contribution in [-0.2, 0) is 9.59 Å². The van der Waals surface area contributed by atoms with E-state index >= 15 is 0 Å². The van der Waals surface area contributed by atoms with E-state index in [1.807, 2.05) is 0 Å². The van der Waals surface area contributed by atoms with Crippen LogP contribution in [0.3, 0.4) is 0 Å². The summed E-state index contributed by atoms with van der Waals surface area (Å²) in [6.07, 6.45) is 5.05. The Kier molecular flexibility index (Phi) is 4.36. The number of hydrogen-bond donors (Lipinski definition) is 2.